The van der Waals surface area contributed by atoms with Crippen molar-refractivity contribution in [1.29, 1.82) is 0 Å². The third-order valence-electron chi connectivity index (χ3n) is 16.6. The van der Waals surface area contributed by atoms with E-state index < -0.39 is 5.41 Å². The van der Waals surface area contributed by atoms with Crippen LogP contribution in [0, 0.1) is 0 Å². The molecule has 4 nitrogen and oxygen atoms in total. The first-order valence-electron chi connectivity index (χ1n) is 26.7. The van der Waals surface area contributed by atoms with E-state index in [4.69, 9.17) is 8.83 Å². The molecule has 0 N–H and O–H groups in total. The van der Waals surface area contributed by atoms with Gasteiger partial charge in [0.05, 0.1) is 5.41 Å². The quantitative estimate of drug-likeness (QED) is 0.152. The molecule has 16 rings (SSSR count). The molecule has 0 fully saturated rings. The number of nitrogens with zero attached hydrogens (tertiary/aromatic N) is 2. The highest BCUT2D eigenvalue weighted by atomic mass is 16.3. The van der Waals surface area contributed by atoms with Gasteiger partial charge in [-0.2, -0.15) is 0 Å². The summed E-state index contributed by atoms with van der Waals surface area (Å²) >= 11 is 0. The lowest BCUT2D eigenvalue weighted by atomic mass is 9.68. The van der Waals surface area contributed by atoms with Crippen molar-refractivity contribution in [3.05, 3.63) is 295 Å². The Bertz CT molecular complexity index is 4310. The molecule has 0 saturated carbocycles. The summed E-state index contributed by atoms with van der Waals surface area (Å²) in [4.78, 5) is 4.85. The van der Waals surface area contributed by atoms with Crippen LogP contribution >= 0.6 is 0 Å². The molecule has 2 heterocycles. The summed E-state index contributed by atoms with van der Waals surface area (Å²) in [6.45, 7) is 0. The summed E-state index contributed by atoms with van der Waals surface area (Å²) in [5.41, 5.74) is 24.8. The highest BCUT2D eigenvalue weighted by Crippen LogP contribution is 2.65. The van der Waals surface area contributed by atoms with Gasteiger partial charge >= 0.3 is 0 Å². The van der Waals surface area contributed by atoms with Gasteiger partial charge in [-0.3, -0.25) is 0 Å². The summed E-state index contributed by atoms with van der Waals surface area (Å²) in [7, 11) is 0. The van der Waals surface area contributed by atoms with Crippen LogP contribution in [-0.4, -0.2) is 0 Å². The topological polar surface area (TPSA) is 32.8 Å². The zero-order valence-corrected chi connectivity index (χ0v) is 42.0. The number of rotatable bonds is 8. The van der Waals surface area contributed by atoms with E-state index in [0.29, 0.717) is 0 Å². The lowest BCUT2D eigenvalue weighted by Crippen LogP contribution is -2.28. The number of fused-ring (bicyclic) bond motifs is 15. The van der Waals surface area contributed by atoms with E-state index in [1.807, 2.05) is 12.1 Å². The molecule has 13 aromatic rings. The summed E-state index contributed by atoms with van der Waals surface area (Å²) in [6.07, 6.45) is 6.74. The number of furan rings is 2. The minimum Gasteiger partial charge on any atom is -0.456 e. The number of hydrogen-bond donors (Lipinski definition) is 0. The van der Waals surface area contributed by atoms with E-state index in [-0.39, 0.29) is 0 Å². The molecule has 0 bridgehead atoms. The molecule has 362 valence electrons. The van der Waals surface area contributed by atoms with Gasteiger partial charge in [-0.05, 0) is 177 Å². The van der Waals surface area contributed by atoms with Crippen LogP contribution in [0.1, 0.15) is 35.1 Å². The molecule has 0 unspecified atom stereocenters. The van der Waals surface area contributed by atoms with Crippen LogP contribution in [0.15, 0.2) is 281 Å². The average molecular weight is 985 g/mol. The number of benzene rings is 11. The molecular formula is C73H48N2O2. The highest BCUT2D eigenvalue weighted by molar-refractivity contribution is 6.08. The van der Waals surface area contributed by atoms with Crippen LogP contribution in [0.5, 0.6) is 0 Å². The fraction of sp³-hybridized carbons (Fsp3) is 0.0411. The molecular weight excluding hydrogens is 937 g/mol. The van der Waals surface area contributed by atoms with E-state index in [0.717, 1.165) is 90.8 Å². The summed E-state index contributed by atoms with van der Waals surface area (Å²) in [5.74, 6) is 0. The van der Waals surface area contributed by atoms with Crippen molar-refractivity contribution >= 4 is 83.6 Å². The van der Waals surface area contributed by atoms with Crippen LogP contribution in [-0.2, 0) is 5.41 Å². The second-order valence-electron chi connectivity index (χ2n) is 20.6. The van der Waals surface area contributed by atoms with E-state index >= 15 is 0 Å². The third kappa shape index (κ3) is 6.65. The van der Waals surface area contributed by atoms with Gasteiger partial charge in [-0.1, -0.05) is 170 Å². The molecule has 3 aliphatic carbocycles. The average Bonchev–Trinajstić information content (AvgIpc) is 4.32. The highest BCUT2D eigenvalue weighted by Gasteiger charge is 2.53. The SMILES string of the molecule is C1=CC2=C(CC1)C1(c3ccccc32)c2ccc(N(c3ccc(-c4ccccc4)cc3)c3ccc4oc5ccccc5c4c3)cc2-c2cc(N(c3ccc(-c4ccccc4)cc3)c3ccc4oc5ccccc5c4c3)ccc21. The van der Waals surface area contributed by atoms with Gasteiger partial charge in [-0.25, -0.2) is 0 Å². The maximum Gasteiger partial charge on any atom is 0.135 e. The predicted molar refractivity (Wildman–Crippen MR) is 318 cm³/mol. The Morgan fingerprint density at radius 3 is 1.25 bits per heavy atom. The van der Waals surface area contributed by atoms with Crippen LogP contribution in [0.3, 0.4) is 0 Å². The predicted octanol–water partition coefficient (Wildman–Crippen LogP) is 20.2. The van der Waals surface area contributed by atoms with E-state index in [9.17, 15) is 0 Å². The summed E-state index contributed by atoms with van der Waals surface area (Å²) in [6, 6.07) is 93.0. The van der Waals surface area contributed by atoms with Gasteiger partial charge < -0.3 is 18.6 Å². The van der Waals surface area contributed by atoms with E-state index in [2.05, 4.69) is 265 Å². The Morgan fingerprint density at radius 2 is 0.714 bits per heavy atom. The largest absolute Gasteiger partial charge is 0.456 e. The lowest BCUT2D eigenvalue weighted by Gasteiger charge is -2.34. The van der Waals surface area contributed by atoms with Crippen molar-refractivity contribution in [1.82, 2.24) is 0 Å². The molecule has 11 aromatic carbocycles. The molecule has 0 radical (unpaired) electrons. The van der Waals surface area contributed by atoms with Crippen molar-refractivity contribution in [2.24, 2.45) is 0 Å². The zero-order valence-electron chi connectivity index (χ0n) is 42.0. The fourth-order valence-electron chi connectivity index (χ4n) is 13.2. The third-order valence-corrected chi connectivity index (χ3v) is 16.6. The van der Waals surface area contributed by atoms with Gasteiger partial charge in [0.15, 0.2) is 0 Å². The smallest absolute Gasteiger partial charge is 0.135 e. The fourth-order valence-corrected chi connectivity index (χ4v) is 13.2. The zero-order chi connectivity index (χ0) is 50.6. The molecule has 0 amide bonds. The van der Waals surface area contributed by atoms with Gasteiger partial charge in [0.25, 0.3) is 0 Å². The number of para-hydroxylation sites is 2. The first-order valence-corrected chi connectivity index (χ1v) is 26.7. The van der Waals surface area contributed by atoms with Crippen molar-refractivity contribution in [2.45, 2.75) is 18.3 Å². The Kier molecular flexibility index (Phi) is 9.64. The van der Waals surface area contributed by atoms with Crippen molar-refractivity contribution in [2.75, 3.05) is 9.80 Å². The van der Waals surface area contributed by atoms with Gasteiger partial charge in [0, 0.05) is 55.7 Å². The molecule has 4 heteroatoms. The Balaban J connectivity index is 0.929. The first-order chi connectivity index (χ1) is 38.2. The van der Waals surface area contributed by atoms with Crippen LogP contribution in [0.25, 0.3) is 82.8 Å². The Labute approximate surface area is 446 Å². The van der Waals surface area contributed by atoms with Crippen molar-refractivity contribution in [3.8, 4) is 33.4 Å². The van der Waals surface area contributed by atoms with E-state index in [1.54, 1.807) is 0 Å². The minimum atomic E-state index is -0.466. The van der Waals surface area contributed by atoms with Crippen LogP contribution in [0.4, 0.5) is 34.1 Å². The monoisotopic (exact) mass is 984 g/mol. The maximum absolute atomic E-state index is 6.41. The van der Waals surface area contributed by atoms with E-state index in [1.165, 1.54) is 66.8 Å². The summed E-state index contributed by atoms with van der Waals surface area (Å²) < 4.78 is 12.8. The second kappa shape index (κ2) is 17.1. The van der Waals surface area contributed by atoms with Crippen LogP contribution < -0.4 is 9.80 Å². The number of anilines is 6. The van der Waals surface area contributed by atoms with Crippen LogP contribution in [0.2, 0.25) is 0 Å². The van der Waals surface area contributed by atoms with Gasteiger partial charge in [0.2, 0.25) is 0 Å². The van der Waals surface area contributed by atoms with Crippen molar-refractivity contribution < 1.29 is 8.83 Å². The molecule has 1 spiro atoms. The van der Waals surface area contributed by atoms with Gasteiger partial charge in [-0.15, -0.1) is 0 Å². The molecule has 0 aliphatic heterocycles. The molecule has 3 aliphatic rings. The molecule has 0 atom stereocenters. The maximum atomic E-state index is 6.41. The first kappa shape index (κ1) is 43.5. The molecule has 2 aromatic heterocycles. The number of allylic oxidation sites excluding steroid dienone is 4. The molecule has 77 heavy (non-hydrogen) atoms. The molecule has 0 saturated heterocycles. The standard InChI is InChI=1S/C73H48N2O2/c1-3-15-47(16-4-1)49-27-31-51(32-28-49)74(55-37-41-71-63(45-55)59-21-9-13-25-69(59)76-71)53-35-39-67-61(43-53)62-44-54(36-40-68(62)73(67)65-23-11-7-19-57(65)58-20-8-12-24-66(58)73)75(52-33-29-50(30-34-52)48-17-5-2-6-18-48)56-38-42-72-64(46-56)60-22-10-14-26-70(60)77-72/h1-11,13-23,25-46H,12,24H2. The van der Waals surface area contributed by atoms with Crippen molar-refractivity contribution in [3.63, 3.8) is 0 Å². The lowest BCUT2D eigenvalue weighted by molar-refractivity contribution is 0.668. The summed E-state index contributed by atoms with van der Waals surface area (Å²) in [5, 5.41) is 4.38. The Hall–Kier alpha value is -9.90. The minimum absolute atomic E-state index is 0.466. The Morgan fingerprint density at radius 1 is 0.312 bits per heavy atom. The number of hydrogen-bond acceptors (Lipinski definition) is 4. The second-order valence-corrected chi connectivity index (χ2v) is 20.6. The normalized spacial score (nSPS) is 13.9. The van der Waals surface area contributed by atoms with Gasteiger partial charge in [0.1, 0.15) is 22.3 Å².